The Morgan fingerprint density at radius 2 is 2.07 bits per heavy atom. The number of rotatable bonds is 1. The van der Waals surface area contributed by atoms with E-state index in [1.54, 1.807) is 18.2 Å². The highest BCUT2D eigenvalue weighted by atomic mass is 79.9. The van der Waals surface area contributed by atoms with E-state index in [0.717, 1.165) is 10.7 Å². The Hall–Kier alpha value is -1.69. The van der Waals surface area contributed by atoms with Gasteiger partial charge in [-0.25, -0.2) is 0 Å². The third-order valence-electron chi connectivity index (χ3n) is 1.99. The summed E-state index contributed by atoms with van der Waals surface area (Å²) < 4.78 is 1.27. The molecule has 0 saturated carbocycles. The maximum atomic E-state index is 11.4. The summed E-state index contributed by atoms with van der Waals surface area (Å²) in [6.07, 6.45) is 0.955. The number of pyridine rings is 1. The highest BCUT2D eigenvalue weighted by molar-refractivity contribution is 9.10. The van der Waals surface area contributed by atoms with E-state index in [1.807, 2.05) is 0 Å². The van der Waals surface area contributed by atoms with Gasteiger partial charge in [0.2, 0.25) is 5.52 Å². The van der Waals surface area contributed by atoms with Gasteiger partial charge in [0.05, 0.1) is 10.3 Å². The minimum absolute atomic E-state index is 0.212. The summed E-state index contributed by atoms with van der Waals surface area (Å²) >= 11 is 3.24. The second kappa shape index (κ2) is 3.47. The minimum atomic E-state index is -0.589. The number of nitrogens with zero attached hydrogens (tertiary/aromatic N) is 2. The van der Waals surface area contributed by atoms with Crippen LogP contribution in [-0.2, 0) is 0 Å². The van der Waals surface area contributed by atoms with Crippen LogP contribution in [0, 0.1) is 15.3 Å². The SMILES string of the molecule is O=[N+]([O-])c1cc2cc(Br)ccc2[n+]([O-])c1. The summed E-state index contributed by atoms with van der Waals surface area (Å²) in [6.45, 7) is 0. The summed E-state index contributed by atoms with van der Waals surface area (Å²) in [5.74, 6) is 0. The first-order valence-electron chi connectivity index (χ1n) is 4.05. The van der Waals surface area contributed by atoms with Crippen molar-refractivity contribution in [3.05, 3.63) is 50.3 Å². The average Bonchev–Trinajstić information content (AvgIpc) is 2.16. The monoisotopic (exact) mass is 268 g/mol. The van der Waals surface area contributed by atoms with Crippen molar-refractivity contribution in [1.82, 2.24) is 0 Å². The fraction of sp³-hybridized carbons (Fsp3) is 0. The first-order valence-corrected chi connectivity index (χ1v) is 4.84. The molecule has 1 aromatic carbocycles. The zero-order valence-corrected chi connectivity index (χ0v) is 8.97. The van der Waals surface area contributed by atoms with Crippen molar-refractivity contribution in [1.29, 1.82) is 0 Å². The van der Waals surface area contributed by atoms with Gasteiger partial charge in [-0.3, -0.25) is 10.1 Å². The van der Waals surface area contributed by atoms with Gasteiger partial charge in [0.25, 0.3) is 6.20 Å². The van der Waals surface area contributed by atoms with Crippen LogP contribution in [0.3, 0.4) is 0 Å². The summed E-state index contributed by atoms with van der Waals surface area (Å²) in [4.78, 5) is 9.93. The van der Waals surface area contributed by atoms with Gasteiger partial charge < -0.3 is 5.21 Å². The number of hydrogen-bond donors (Lipinski definition) is 0. The Morgan fingerprint density at radius 1 is 1.33 bits per heavy atom. The molecule has 0 radical (unpaired) electrons. The normalized spacial score (nSPS) is 10.5. The lowest BCUT2D eigenvalue weighted by molar-refractivity contribution is -0.582. The number of aromatic nitrogens is 1. The molecule has 0 unspecified atom stereocenters. The first-order chi connectivity index (χ1) is 7.08. The van der Waals surface area contributed by atoms with Crippen molar-refractivity contribution >= 4 is 32.5 Å². The Labute approximate surface area is 92.8 Å². The Morgan fingerprint density at radius 3 is 2.73 bits per heavy atom. The van der Waals surface area contributed by atoms with E-state index in [2.05, 4.69) is 15.9 Å². The van der Waals surface area contributed by atoms with Gasteiger partial charge in [0.15, 0.2) is 0 Å². The second-order valence-corrected chi connectivity index (χ2v) is 3.90. The molecule has 2 rings (SSSR count). The van der Waals surface area contributed by atoms with Crippen molar-refractivity contribution in [2.45, 2.75) is 0 Å². The highest BCUT2D eigenvalue weighted by Crippen LogP contribution is 2.20. The molecule has 0 aliphatic carbocycles. The molecule has 2 aromatic rings. The van der Waals surface area contributed by atoms with Crippen molar-refractivity contribution in [3.63, 3.8) is 0 Å². The smallest absolute Gasteiger partial charge is 0.334 e. The third-order valence-corrected chi connectivity index (χ3v) is 2.48. The number of benzene rings is 1. The van der Waals surface area contributed by atoms with E-state index < -0.39 is 4.92 Å². The molecular formula is C9H5BrN2O3. The highest BCUT2D eigenvalue weighted by Gasteiger charge is 2.14. The molecule has 6 heteroatoms. The van der Waals surface area contributed by atoms with Crippen LogP contribution in [0.1, 0.15) is 0 Å². The molecule has 76 valence electrons. The van der Waals surface area contributed by atoms with Crippen LogP contribution < -0.4 is 4.73 Å². The van der Waals surface area contributed by atoms with Crippen LogP contribution >= 0.6 is 15.9 Å². The van der Waals surface area contributed by atoms with Crippen LogP contribution in [0.15, 0.2) is 34.9 Å². The number of nitro groups is 1. The number of fused-ring (bicyclic) bond motifs is 1. The van der Waals surface area contributed by atoms with E-state index in [1.165, 1.54) is 6.07 Å². The topological polar surface area (TPSA) is 70.1 Å². The molecule has 0 atom stereocenters. The molecule has 0 bridgehead atoms. The second-order valence-electron chi connectivity index (χ2n) is 2.98. The number of halogens is 1. The maximum Gasteiger partial charge on any atom is 0.334 e. The van der Waals surface area contributed by atoms with Crippen molar-refractivity contribution in [3.8, 4) is 0 Å². The van der Waals surface area contributed by atoms with E-state index in [-0.39, 0.29) is 5.69 Å². The minimum Gasteiger partial charge on any atom is -0.618 e. The van der Waals surface area contributed by atoms with Crippen molar-refractivity contribution in [2.24, 2.45) is 0 Å². The van der Waals surface area contributed by atoms with E-state index >= 15 is 0 Å². The van der Waals surface area contributed by atoms with Crippen LogP contribution in [0.25, 0.3) is 10.9 Å². The van der Waals surface area contributed by atoms with Crippen LogP contribution in [0.5, 0.6) is 0 Å². The molecule has 0 aliphatic heterocycles. The lowest BCUT2D eigenvalue weighted by Crippen LogP contribution is -2.26. The largest absolute Gasteiger partial charge is 0.618 e. The molecule has 0 aliphatic rings. The maximum absolute atomic E-state index is 11.4. The summed E-state index contributed by atoms with van der Waals surface area (Å²) in [5, 5.41) is 22.5. The molecule has 0 spiro atoms. The first kappa shape index (κ1) is 9.85. The molecule has 0 fully saturated rings. The fourth-order valence-corrected chi connectivity index (χ4v) is 1.71. The average molecular weight is 269 g/mol. The van der Waals surface area contributed by atoms with Gasteiger partial charge in [-0.2, -0.15) is 4.73 Å². The van der Waals surface area contributed by atoms with Gasteiger partial charge in [-0.1, -0.05) is 15.9 Å². The quantitative estimate of drug-likeness (QED) is 0.344. The Balaban J connectivity index is 2.79. The summed E-state index contributed by atoms with van der Waals surface area (Å²) in [6, 6.07) is 6.35. The third kappa shape index (κ3) is 1.75. The van der Waals surface area contributed by atoms with Gasteiger partial charge >= 0.3 is 5.69 Å². The Bertz CT molecular complexity index is 556. The molecule has 0 amide bonds. The van der Waals surface area contributed by atoms with Crippen LogP contribution in [-0.4, -0.2) is 4.92 Å². The van der Waals surface area contributed by atoms with Gasteiger partial charge in [-0.15, -0.1) is 0 Å². The summed E-state index contributed by atoms with van der Waals surface area (Å²) in [5.41, 5.74) is 0.194. The Kier molecular flexibility index (Phi) is 2.28. The predicted molar refractivity (Wildman–Crippen MR) is 57.3 cm³/mol. The van der Waals surface area contributed by atoms with E-state index in [0.29, 0.717) is 15.6 Å². The van der Waals surface area contributed by atoms with Gasteiger partial charge in [0, 0.05) is 16.6 Å². The molecule has 5 nitrogen and oxygen atoms in total. The van der Waals surface area contributed by atoms with Crippen molar-refractivity contribution < 1.29 is 9.65 Å². The molecule has 1 heterocycles. The molecule has 15 heavy (non-hydrogen) atoms. The standard InChI is InChI=1S/C9H5BrN2O3/c10-7-1-2-9-6(3-7)4-8(12(14)15)5-11(9)13/h1-5H. The van der Waals surface area contributed by atoms with E-state index in [9.17, 15) is 15.3 Å². The predicted octanol–water partition coefficient (Wildman–Crippen LogP) is 2.14. The van der Waals surface area contributed by atoms with Crippen LogP contribution in [0.2, 0.25) is 0 Å². The van der Waals surface area contributed by atoms with E-state index in [4.69, 9.17) is 0 Å². The molecule has 0 N–H and O–H groups in total. The van der Waals surface area contributed by atoms with Gasteiger partial charge in [-0.05, 0) is 12.1 Å². The molecule has 1 aromatic heterocycles. The molecular weight excluding hydrogens is 264 g/mol. The van der Waals surface area contributed by atoms with Crippen molar-refractivity contribution in [2.75, 3.05) is 0 Å². The fourth-order valence-electron chi connectivity index (χ4n) is 1.33. The van der Waals surface area contributed by atoms with Gasteiger partial charge in [0.1, 0.15) is 0 Å². The molecule has 0 saturated heterocycles. The van der Waals surface area contributed by atoms with Crippen LogP contribution in [0.4, 0.5) is 5.69 Å². The zero-order chi connectivity index (χ0) is 11.0. The zero-order valence-electron chi connectivity index (χ0n) is 7.38. The summed E-state index contributed by atoms with van der Waals surface area (Å²) in [7, 11) is 0. The lowest BCUT2D eigenvalue weighted by atomic mass is 10.2. The lowest BCUT2D eigenvalue weighted by Gasteiger charge is -2.01. The number of hydrogen-bond acceptors (Lipinski definition) is 3.